The van der Waals surface area contributed by atoms with Gasteiger partial charge in [0.1, 0.15) is 0 Å². The van der Waals surface area contributed by atoms with E-state index in [-0.39, 0.29) is 0 Å². The van der Waals surface area contributed by atoms with Crippen LogP contribution < -0.4 is 5.32 Å². The molecular formula is C9H9BrClN. The van der Waals surface area contributed by atoms with Crippen LogP contribution in [0.25, 0.3) is 0 Å². The Balaban J connectivity index is 2.34. The lowest BCUT2D eigenvalue weighted by Gasteiger charge is -2.28. The maximum Gasteiger partial charge on any atom is 0.0410 e. The zero-order chi connectivity index (χ0) is 8.55. The van der Waals surface area contributed by atoms with Gasteiger partial charge in [-0.15, -0.1) is 0 Å². The third-order valence-corrected chi connectivity index (χ3v) is 3.11. The normalized spacial score (nSPS) is 22.0. The molecule has 1 aromatic carbocycles. The van der Waals surface area contributed by atoms with Gasteiger partial charge in [0.05, 0.1) is 0 Å². The fourth-order valence-corrected chi connectivity index (χ4v) is 2.04. The quantitative estimate of drug-likeness (QED) is 0.803. The average molecular weight is 247 g/mol. The van der Waals surface area contributed by atoms with E-state index in [9.17, 15) is 0 Å². The molecule has 0 aliphatic carbocycles. The SMILES string of the molecule is Clc1ccc(Br)c([C@H]2CCN2)c1. The molecule has 0 unspecified atom stereocenters. The Morgan fingerprint density at radius 1 is 1.50 bits per heavy atom. The zero-order valence-electron chi connectivity index (χ0n) is 6.48. The molecule has 1 aliphatic heterocycles. The molecule has 0 amide bonds. The number of halogens is 2. The molecule has 3 heteroatoms. The first-order valence-electron chi connectivity index (χ1n) is 3.96. The summed E-state index contributed by atoms with van der Waals surface area (Å²) in [5, 5.41) is 4.15. The third kappa shape index (κ3) is 1.51. The largest absolute Gasteiger partial charge is 0.310 e. The Kier molecular flexibility index (Phi) is 2.40. The van der Waals surface area contributed by atoms with Crippen molar-refractivity contribution in [3.8, 4) is 0 Å². The van der Waals surface area contributed by atoms with Gasteiger partial charge in [0, 0.05) is 15.5 Å². The summed E-state index contributed by atoms with van der Waals surface area (Å²) in [6, 6.07) is 6.41. The maximum absolute atomic E-state index is 5.89. The number of hydrogen-bond acceptors (Lipinski definition) is 1. The van der Waals surface area contributed by atoms with E-state index in [1.807, 2.05) is 18.2 Å². The van der Waals surface area contributed by atoms with Crippen molar-refractivity contribution >= 4 is 27.5 Å². The van der Waals surface area contributed by atoms with Crippen molar-refractivity contribution < 1.29 is 0 Å². The maximum atomic E-state index is 5.89. The van der Waals surface area contributed by atoms with Crippen LogP contribution >= 0.6 is 27.5 Å². The van der Waals surface area contributed by atoms with Crippen molar-refractivity contribution in [2.45, 2.75) is 12.5 Å². The van der Waals surface area contributed by atoms with Crippen LogP contribution in [0.5, 0.6) is 0 Å². The van der Waals surface area contributed by atoms with Gasteiger partial charge in [0.2, 0.25) is 0 Å². The molecule has 0 spiro atoms. The molecule has 0 aromatic heterocycles. The van der Waals surface area contributed by atoms with Crippen LogP contribution in [0.3, 0.4) is 0 Å². The predicted octanol–water partition coefficient (Wildman–Crippen LogP) is 3.14. The highest BCUT2D eigenvalue weighted by Crippen LogP contribution is 2.31. The minimum atomic E-state index is 0.498. The fraction of sp³-hybridized carbons (Fsp3) is 0.333. The number of rotatable bonds is 1. The second-order valence-corrected chi connectivity index (χ2v) is 4.25. The van der Waals surface area contributed by atoms with E-state index >= 15 is 0 Å². The van der Waals surface area contributed by atoms with Crippen molar-refractivity contribution in [1.82, 2.24) is 5.32 Å². The third-order valence-electron chi connectivity index (χ3n) is 2.16. The molecule has 0 radical (unpaired) electrons. The molecule has 64 valence electrons. The van der Waals surface area contributed by atoms with E-state index < -0.39 is 0 Å². The van der Waals surface area contributed by atoms with Crippen LogP contribution in [0.4, 0.5) is 0 Å². The number of nitrogens with one attached hydrogen (secondary N) is 1. The van der Waals surface area contributed by atoms with E-state index in [1.54, 1.807) is 0 Å². The first-order valence-corrected chi connectivity index (χ1v) is 5.13. The lowest BCUT2D eigenvalue weighted by atomic mass is 9.98. The van der Waals surface area contributed by atoms with Crippen LogP contribution in [0.15, 0.2) is 22.7 Å². The monoisotopic (exact) mass is 245 g/mol. The van der Waals surface area contributed by atoms with Gasteiger partial charge in [-0.2, -0.15) is 0 Å². The summed E-state index contributed by atoms with van der Waals surface area (Å²) in [6.07, 6.45) is 1.21. The molecule has 1 saturated heterocycles. The number of hydrogen-bond donors (Lipinski definition) is 1. The van der Waals surface area contributed by atoms with Gasteiger partial charge >= 0.3 is 0 Å². The highest BCUT2D eigenvalue weighted by Gasteiger charge is 2.20. The van der Waals surface area contributed by atoms with E-state index in [1.165, 1.54) is 12.0 Å². The molecule has 1 N–H and O–H groups in total. The molecule has 12 heavy (non-hydrogen) atoms. The van der Waals surface area contributed by atoms with E-state index in [2.05, 4.69) is 21.2 Å². The molecule has 1 aliphatic rings. The first kappa shape index (κ1) is 8.54. The molecule has 1 nitrogen and oxygen atoms in total. The minimum absolute atomic E-state index is 0.498. The van der Waals surface area contributed by atoms with Gasteiger partial charge in [-0.05, 0) is 36.7 Å². The van der Waals surface area contributed by atoms with Gasteiger partial charge in [0.25, 0.3) is 0 Å². The van der Waals surface area contributed by atoms with Gasteiger partial charge in [0.15, 0.2) is 0 Å². The smallest absolute Gasteiger partial charge is 0.0410 e. The molecule has 2 rings (SSSR count). The zero-order valence-corrected chi connectivity index (χ0v) is 8.82. The van der Waals surface area contributed by atoms with E-state index in [0.717, 1.165) is 16.0 Å². The summed E-state index contributed by atoms with van der Waals surface area (Å²) in [5.41, 5.74) is 1.27. The lowest BCUT2D eigenvalue weighted by molar-refractivity contribution is 0.382. The van der Waals surface area contributed by atoms with E-state index in [0.29, 0.717) is 6.04 Å². The topological polar surface area (TPSA) is 12.0 Å². The van der Waals surface area contributed by atoms with Crippen LogP contribution in [-0.2, 0) is 0 Å². The summed E-state index contributed by atoms with van der Waals surface area (Å²) in [7, 11) is 0. The van der Waals surface area contributed by atoms with Crippen LogP contribution in [-0.4, -0.2) is 6.54 Å². The highest BCUT2D eigenvalue weighted by atomic mass is 79.9. The average Bonchev–Trinajstić information content (AvgIpc) is 1.93. The Morgan fingerprint density at radius 3 is 2.83 bits per heavy atom. The molecule has 1 aromatic rings. The fourth-order valence-electron chi connectivity index (χ4n) is 1.34. The summed E-state index contributed by atoms with van der Waals surface area (Å²) in [5.74, 6) is 0. The summed E-state index contributed by atoms with van der Waals surface area (Å²) in [4.78, 5) is 0. The van der Waals surface area contributed by atoms with Gasteiger partial charge in [-0.1, -0.05) is 27.5 Å². The van der Waals surface area contributed by atoms with Crippen molar-refractivity contribution in [2.24, 2.45) is 0 Å². The van der Waals surface area contributed by atoms with Crippen molar-refractivity contribution in [2.75, 3.05) is 6.54 Å². The molecule has 1 fully saturated rings. The summed E-state index contributed by atoms with van der Waals surface area (Å²) >= 11 is 9.40. The van der Waals surface area contributed by atoms with Gasteiger partial charge in [-0.3, -0.25) is 0 Å². The Bertz CT molecular complexity index is 297. The van der Waals surface area contributed by atoms with Gasteiger partial charge in [-0.25, -0.2) is 0 Å². The van der Waals surface area contributed by atoms with Crippen LogP contribution in [0.2, 0.25) is 5.02 Å². The van der Waals surface area contributed by atoms with Gasteiger partial charge < -0.3 is 5.32 Å². The van der Waals surface area contributed by atoms with Crippen molar-refractivity contribution in [3.63, 3.8) is 0 Å². The van der Waals surface area contributed by atoms with Crippen LogP contribution in [0.1, 0.15) is 18.0 Å². The highest BCUT2D eigenvalue weighted by molar-refractivity contribution is 9.10. The second-order valence-electron chi connectivity index (χ2n) is 2.96. The minimum Gasteiger partial charge on any atom is -0.310 e. The second kappa shape index (κ2) is 3.36. The summed E-state index contributed by atoms with van der Waals surface area (Å²) < 4.78 is 1.14. The molecule has 0 bridgehead atoms. The summed E-state index contributed by atoms with van der Waals surface area (Å²) in [6.45, 7) is 1.11. The lowest BCUT2D eigenvalue weighted by Crippen LogP contribution is -2.35. The van der Waals surface area contributed by atoms with E-state index in [4.69, 9.17) is 11.6 Å². The predicted molar refractivity (Wildman–Crippen MR) is 54.5 cm³/mol. The number of benzene rings is 1. The first-order chi connectivity index (χ1) is 5.77. The van der Waals surface area contributed by atoms with Crippen molar-refractivity contribution in [3.05, 3.63) is 33.3 Å². The van der Waals surface area contributed by atoms with Crippen LogP contribution in [0, 0.1) is 0 Å². The standard InChI is InChI=1S/C9H9BrClN/c10-8-2-1-6(11)5-7(8)9-3-4-12-9/h1-2,5,9,12H,3-4H2/t9-/m1/s1. The Morgan fingerprint density at radius 2 is 2.25 bits per heavy atom. The van der Waals surface area contributed by atoms with Crippen molar-refractivity contribution in [1.29, 1.82) is 0 Å². The molecular weight excluding hydrogens is 237 g/mol. The molecule has 0 saturated carbocycles. The molecule has 1 atom stereocenters. The Hall–Kier alpha value is -0.0500. The Labute approximate surface area is 85.2 Å². The molecule has 1 heterocycles.